The van der Waals surface area contributed by atoms with E-state index < -0.39 is 0 Å². The SMILES string of the molecule is COC(=O)C1CCN(C(=O)CSc2n[nH]c(=O)n2CCc2ccccc2)CC1. The predicted molar refractivity (Wildman–Crippen MR) is 105 cm³/mol. The van der Waals surface area contributed by atoms with Crippen LogP contribution in [0.1, 0.15) is 18.4 Å². The number of ether oxygens (including phenoxy) is 1. The molecule has 1 amide bonds. The highest BCUT2D eigenvalue weighted by atomic mass is 32.2. The van der Waals surface area contributed by atoms with Crippen LogP contribution in [-0.2, 0) is 27.3 Å². The highest BCUT2D eigenvalue weighted by molar-refractivity contribution is 7.99. The second-order valence-corrected chi connectivity index (χ2v) is 7.61. The number of methoxy groups -OCH3 is 1. The van der Waals surface area contributed by atoms with Gasteiger partial charge in [-0.1, -0.05) is 42.1 Å². The minimum Gasteiger partial charge on any atom is -0.469 e. The molecule has 0 bridgehead atoms. The molecule has 0 unspecified atom stereocenters. The van der Waals surface area contributed by atoms with Gasteiger partial charge in [0.25, 0.3) is 0 Å². The average Bonchev–Trinajstić information content (AvgIpc) is 3.10. The van der Waals surface area contributed by atoms with Gasteiger partial charge >= 0.3 is 11.7 Å². The minimum absolute atomic E-state index is 0.0154. The van der Waals surface area contributed by atoms with Gasteiger partial charge in [0.15, 0.2) is 5.16 Å². The third kappa shape index (κ3) is 5.03. The Morgan fingerprint density at radius 2 is 1.96 bits per heavy atom. The van der Waals surface area contributed by atoms with E-state index in [1.54, 1.807) is 9.47 Å². The molecule has 0 atom stereocenters. The Balaban J connectivity index is 1.51. The van der Waals surface area contributed by atoms with Crippen LogP contribution in [0.4, 0.5) is 0 Å². The minimum atomic E-state index is -0.273. The first-order valence-corrected chi connectivity index (χ1v) is 10.2. The van der Waals surface area contributed by atoms with Crippen LogP contribution in [0, 0.1) is 5.92 Å². The molecule has 1 saturated heterocycles. The van der Waals surface area contributed by atoms with Crippen molar-refractivity contribution < 1.29 is 14.3 Å². The van der Waals surface area contributed by atoms with Crippen LogP contribution in [0.25, 0.3) is 0 Å². The molecule has 1 aromatic heterocycles. The molecule has 9 heteroatoms. The lowest BCUT2D eigenvalue weighted by molar-refractivity contribution is -0.148. The summed E-state index contributed by atoms with van der Waals surface area (Å²) in [6.07, 6.45) is 1.95. The summed E-state index contributed by atoms with van der Waals surface area (Å²) in [5, 5.41) is 7.02. The molecule has 1 N–H and O–H groups in total. The number of aromatic nitrogens is 3. The van der Waals surface area contributed by atoms with E-state index in [4.69, 9.17) is 4.74 Å². The van der Waals surface area contributed by atoms with Crippen molar-refractivity contribution in [3.8, 4) is 0 Å². The number of hydrogen-bond donors (Lipinski definition) is 1. The number of thioether (sulfide) groups is 1. The molecule has 1 aliphatic rings. The number of H-pyrrole nitrogens is 1. The third-order valence-corrected chi connectivity index (χ3v) is 5.86. The second-order valence-electron chi connectivity index (χ2n) is 6.67. The molecule has 0 saturated carbocycles. The van der Waals surface area contributed by atoms with Crippen LogP contribution in [0.15, 0.2) is 40.3 Å². The van der Waals surface area contributed by atoms with Gasteiger partial charge in [0.2, 0.25) is 5.91 Å². The zero-order valence-corrected chi connectivity index (χ0v) is 16.6. The molecule has 0 spiro atoms. The van der Waals surface area contributed by atoms with E-state index in [1.807, 2.05) is 30.3 Å². The fourth-order valence-electron chi connectivity index (χ4n) is 3.25. The molecular weight excluding hydrogens is 380 g/mol. The molecule has 0 radical (unpaired) electrons. The molecule has 8 nitrogen and oxygen atoms in total. The molecule has 1 aromatic carbocycles. The van der Waals surface area contributed by atoms with Crippen molar-refractivity contribution in [2.24, 2.45) is 5.92 Å². The molecule has 2 heterocycles. The normalized spacial score (nSPS) is 14.8. The van der Waals surface area contributed by atoms with E-state index in [0.29, 0.717) is 44.1 Å². The van der Waals surface area contributed by atoms with Crippen molar-refractivity contribution >= 4 is 23.6 Å². The van der Waals surface area contributed by atoms with Gasteiger partial charge < -0.3 is 9.64 Å². The van der Waals surface area contributed by atoms with Gasteiger partial charge in [-0.3, -0.25) is 14.2 Å². The number of nitrogens with zero attached hydrogens (tertiary/aromatic N) is 3. The Kier molecular flexibility index (Phi) is 6.91. The summed E-state index contributed by atoms with van der Waals surface area (Å²) in [7, 11) is 1.39. The summed E-state index contributed by atoms with van der Waals surface area (Å²) in [5.74, 6) is -0.145. The molecule has 2 aromatic rings. The van der Waals surface area contributed by atoms with Crippen LogP contribution >= 0.6 is 11.8 Å². The van der Waals surface area contributed by atoms with Crippen molar-refractivity contribution in [3.63, 3.8) is 0 Å². The average molecular weight is 404 g/mol. The Hall–Kier alpha value is -2.55. The van der Waals surface area contributed by atoms with Crippen molar-refractivity contribution in [1.29, 1.82) is 0 Å². The second kappa shape index (κ2) is 9.59. The lowest BCUT2D eigenvalue weighted by atomic mass is 9.97. The predicted octanol–water partition coefficient (Wildman–Crippen LogP) is 1.32. The molecule has 1 aliphatic heterocycles. The number of amides is 1. The van der Waals surface area contributed by atoms with E-state index in [0.717, 1.165) is 5.56 Å². The van der Waals surface area contributed by atoms with Gasteiger partial charge in [0, 0.05) is 19.6 Å². The first kappa shape index (κ1) is 20.2. The van der Waals surface area contributed by atoms with Crippen LogP contribution < -0.4 is 5.69 Å². The maximum Gasteiger partial charge on any atom is 0.343 e. The van der Waals surface area contributed by atoms with E-state index >= 15 is 0 Å². The Morgan fingerprint density at radius 3 is 2.64 bits per heavy atom. The summed E-state index contributed by atoms with van der Waals surface area (Å²) < 4.78 is 6.33. The van der Waals surface area contributed by atoms with Gasteiger partial charge in [0.05, 0.1) is 18.8 Å². The highest BCUT2D eigenvalue weighted by Crippen LogP contribution is 2.21. The number of carbonyl (C=O) groups excluding carboxylic acids is 2. The first-order valence-electron chi connectivity index (χ1n) is 9.26. The summed E-state index contributed by atoms with van der Waals surface area (Å²) >= 11 is 1.25. The van der Waals surface area contributed by atoms with Gasteiger partial charge in [-0.05, 0) is 24.8 Å². The number of benzene rings is 1. The molecule has 28 heavy (non-hydrogen) atoms. The van der Waals surface area contributed by atoms with Crippen molar-refractivity contribution in [1.82, 2.24) is 19.7 Å². The van der Waals surface area contributed by atoms with Crippen molar-refractivity contribution in [3.05, 3.63) is 46.4 Å². The van der Waals surface area contributed by atoms with E-state index in [1.165, 1.54) is 18.9 Å². The summed E-state index contributed by atoms with van der Waals surface area (Å²) in [6.45, 7) is 1.58. The number of rotatable bonds is 7. The number of aryl methyl sites for hydroxylation is 1. The smallest absolute Gasteiger partial charge is 0.343 e. The number of nitrogens with one attached hydrogen (secondary N) is 1. The molecule has 3 rings (SSSR count). The Bertz CT molecular complexity index is 856. The van der Waals surface area contributed by atoms with E-state index in [2.05, 4.69) is 10.2 Å². The quantitative estimate of drug-likeness (QED) is 0.552. The first-order chi connectivity index (χ1) is 13.6. The topological polar surface area (TPSA) is 97.3 Å². The molecule has 1 fully saturated rings. The van der Waals surface area contributed by atoms with Gasteiger partial charge in [0.1, 0.15) is 0 Å². The summed E-state index contributed by atoms with van der Waals surface area (Å²) in [6, 6.07) is 9.91. The van der Waals surface area contributed by atoms with Crippen molar-refractivity contribution in [2.75, 3.05) is 26.0 Å². The maximum absolute atomic E-state index is 12.5. The number of carbonyl (C=O) groups is 2. The van der Waals surface area contributed by atoms with E-state index in [-0.39, 0.29) is 29.2 Å². The number of hydrogen-bond acceptors (Lipinski definition) is 6. The standard InChI is InChI=1S/C19H24N4O4S/c1-27-17(25)15-8-10-22(11-9-15)16(24)13-28-19-21-20-18(26)23(19)12-7-14-5-3-2-4-6-14/h2-6,15H,7-13H2,1H3,(H,20,26). The van der Waals surface area contributed by atoms with E-state index in [9.17, 15) is 14.4 Å². The van der Waals surface area contributed by atoms with Crippen LogP contribution in [0.2, 0.25) is 0 Å². The van der Waals surface area contributed by atoms with Crippen LogP contribution in [0.3, 0.4) is 0 Å². The zero-order valence-electron chi connectivity index (χ0n) is 15.8. The number of esters is 1. The Labute approximate surface area is 167 Å². The number of aromatic amines is 1. The Morgan fingerprint density at radius 1 is 1.25 bits per heavy atom. The highest BCUT2D eigenvalue weighted by Gasteiger charge is 2.28. The zero-order chi connectivity index (χ0) is 19.9. The largest absolute Gasteiger partial charge is 0.469 e. The van der Waals surface area contributed by atoms with Crippen LogP contribution in [-0.4, -0.2) is 57.5 Å². The van der Waals surface area contributed by atoms with Crippen molar-refractivity contribution in [2.45, 2.75) is 31.0 Å². The lowest BCUT2D eigenvalue weighted by Crippen LogP contribution is -2.41. The number of likely N-dealkylation sites (tertiary alicyclic amines) is 1. The fourth-order valence-corrected chi connectivity index (χ4v) is 4.12. The van der Waals surface area contributed by atoms with Gasteiger partial charge in [-0.15, -0.1) is 5.10 Å². The summed E-state index contributed by atoms with van der Waals surface area (Å²) in [4.78, 5) is 37.8. The van der Waals surface area contributed by atoms with Crippen LogP contribution in [0.5, 0.6) is 0 Å². The summed E-state index contributed by atoms with van der Waals surface area (Å²) in [5.41, 5.74) is 0.862. The molecule has 0 aliphatic carbocycles. The maximum atomic E-state index is 12.5. The number of piperidine rings is 1. The van der Waals surface area contributed by atoms with Gasteiger partial charge in [-0.2, -0.15) is 0 Å². The molecule has 150 valence electrons. The fraction of sp³-hybridized carbons (Fsp3) is 0.474. The lowest BCUT2D eigenvalue weighted by Gasteiger charge is -2.30. The monoisotopic (exact) mass is 404 g/mol. The molecular formula is C19H24N4O4S. The van der Waals surface area contributed by atoms with Gasteiger partial charge in [-0.25, -0.2) is 9.89 Å². The third-order valence-electron chi connectivity index (χ3n) is 4.90.